The zero-order valence-electron chi connectivity index (χ0n) is 19.7. The minimum atomic E-state index is -3.96. The van der Waals surface area contributed by atoms with Crippen LogP contribution in [0.15, 0.2) is 77.7 Å². The van der Waals surface area contributed by atoms with E-state index >= 15 is 0 Å². The maximum absolute atomic E-state index is 12.9. The zero-order valence-corrected chi connectivity index (χ0v) is 22.0. The molecule has 3 aromatic carbocycles. The van der Waals surface area contributed by atoms with Crippen LogP contribution in [0.5, 0.6) is 11.5 Å². The van der Waals surface area contributed by atoms with Gasteiger partial charge in [0.15, 0.2) is 11.6 Å². The van der Waals surface area contributed by atoms with E-state index < -0.39 is 21.8 Å². The lowest BCUT2D eigenvalue weighted by atomic mass is 10.1. The van der Waals surface area contributed by atoms with Gasteiger partial charge in [0.1, 0.15) is 18.0 Å². The van der Waals surface area contributed by atoms with Gasteiger partial charge in [0.05, 0.1) is 10.9 Å². The van der Waals surface area contributed by atoms with Crippen LogP contribution in [0.25, 0.3) is 0 Å². The number of hydrogen-bond acceptors (Lipinski definition) is 7. The molecule has 1 N–H and O–H groups in total. The Kier molecular flexibility index (Phi) is 8.55. The Morgan fingerprint density at radius 3 is 2.27 bits per heavy atom. The summed E-state index contributed by atoms with van der Waals surface area (Å²) in [5, 5.41) is 13.0. The Morgan fingerprint density at radius 1 is 0.973 bits per heavy atom. The predicted molar refractivity (Wildman–Crippen MR) is 139 cm³/mol. The number of nitrogens with one attached hydrogen (secondary N) is 1. The first-order valence-corrected chi connectivity index (χ1v) is 13.6. The molecule has 12 heteroatoms. The lowest BCUT2D eigenvalue weighted by molar-refractivity contribution is -0.121. The van der Waals surface area contributed by atoms with E-state index in [2.05, 4.69) is 20.1 Å². The van der Waals surface area contributed by atoms with Gasteiger partial charge in [-0.3, -0.25) is 4.79 Å². The molecule has 4 aromatic rings. The summed E-state index contributed by atoms with van der Waals surface area (Å²) in [5.74, 6) is 1.04. The Bertz CT molecular complexity index is 1460. The Morgan fingerprint density at radius 2 is 1.62 bits per heavy atom. The number of ether oxygens (including phenoxy) is 1. The largest absolute Gasteiger partial charge is 0.457 e. The number of benzene rings is 3. The fourth-order valence-corrected chi connectivity index (χ4v) is 5.30. The van der Waals surface area contributed by atoms with Crippen LogP contribution in [0.4, 0.5) is 0 Å². The molecule has 0 saturated carbocycles. The van der Waals surface area contributed by atoms with Gasteiger partial charge in [-0.15, -0.1) is 10.2 Å². The molecule has 0 radical (unpaired) electrons. The van der Waals surface area contributed by atoms with Crippen molar-refractivity contribution in [2.75, 3.05) is 0 Å². The average molecular weight is 560 g/mol. The van der Waals surface area contributed by atoms with Crippen molar-refractivity contribution in [2.45, 2.75) is 37.2 Å². The van der Waals surface area contributed by atoms with Crippen LogP contribution < -0.4 is 9.46 Å². The minimum absolute atomic E-state index is 0.0111. The highest BCUT2D eigenvalue weighted by Gasteiger charge is 2.25. The molecular weight excluding hydrogens is 537 g/mol. The molecular formula is C25H23Cl2N5O4S. The second kappa shape index (κ2) is 11.8. The lowest BCUT2D eigenvalue weighted by Gasteiger charge is -2.16. The molecule has 1 heterocycles. The molecule has 0 bridgehead atoms. The quantitative estimate of drug-likeness (QED) is 0.283. The van der Waals surface area contributed by atoms with Crippen molar-refractivity contribution in [1.82, 2.24) is 24.9 Å². The van der Waals surface area contributed by atoms with Crippen molar-refractivity contribution in [2.24, 2.45) is 0 Å². The molecule has 0 fully saturated rings. The summed E-state index contributed by atoms with van der Waals surface area (Å²) in [6, 6.07) is 19.2. The Balaban J connectivity index is 1.39. The van der Waals surface area contributed by atoms with E-state index in [9.17, 15) is 13.2 Å². The van der Waals surface area contributed by atoms with Crippen LogP contribution in [0.3, 0.4) is 0 Å². The summed E-state index contributed by atoms with van der Waals surface area (Å²) in [6.45, 7) is 1.45. The molecule has 37 heavy (non-hydrogen) atoms. The van der Waals surface area contributed by atoms with Gasteiger partial charge in [-0.25, -0.2) is 13.1 Å². The monoisotopic (exact) mass is 559 g/mol. The number of halogens is 2. The fraction of sp³-hybridized carbons (Fsp3) is 0.200. The van der Waals surface area contributed by atoms with E-state index in [1.54, 1.807) is 49.4 Å². The van der Waals surface area contributed by atoms with Crippen molar-refractivity contribution in [3.05, 3.63) is 94.2 Å². The molecule has 1 atom stereocenters. The lowest BCUT2D eigenvalue weighted by Crippen LogP contribution is -2.42. The maximum atomic E-state index is 12.9. The third kappa shape index (κ3) is 6.92. The van der Waals surface area contributed by atoms with Crippen LogP contribution in [0, 0.1) is 0 Å². The fourth-order valence-electron chi connectivity index (χ4n) is 3.47. The van der Waals surface area contributed by atoms with Crippen LogP contribution in [0.1, 0.15) is 24.7 Å². The van der Waals surface area contributed by atoms with Gasteiger partial charge >= 0.3 is 0 Å². The normalized spacial score (nSPS) is 12.3. The molecule has 4 rings (SSSR count). The van der Waals surface area contributed by atoms with Crippen molar-refractivity contribution in [3.63, 3.8) is 0 Å². The summed E-state index contributed by atoms with van der Waals surface area (Å²) in [4.78, 5) is 14.0. The molecule has 0 saturated heterocycles. The number of Topliss-reactive ketones (excluding diaryl/α,β-unsaturated/α-hetero) is 1. The van der Waals surface area contributed by atoms with Crippen molar-refractivity contribution in [3.8, 4) is 11.5 Å². The van der Waals surface area contributed by atoms with Gasteiger partial charge in [0.2, 0.25) is 10.0 Å². The molecule has 0 aliphatic rings. The van der Waals surface area contributed by atoms with Crippen LogP contribution in [-0.4, -0.2) is 40.5 Å². The van der Waals surface area contributed by atoms with Gasteiger partial charge in [-0.05, 0) is 65.7 Å². The second-order valence-corrected chi connectivity index (χ2v) is 10.6. The minimum Gasteiger partial charge on any atom is -0.457 e. The predicted octanol–water partition coefficient (Wildman–Crippen LogP) is 4.69. The van der Waals surface area contributed by atoms with Crippen LogP contribution in [-0.2, 0) is 27.8 Å². The van der Waals surface area contributed by atoms with Crippen molar-refractivity contribution in [1.29, 1.82) is 0 Å². The van der Waals surface area contributed by atoms with E-state index in [0.29, 0.717) is 32.9 Å². The summed E-state index contributed by atoms with van der Waals surface area (Å²) in [5.41, 5.74) is 0.649. The zero-order chi connectivity index (χ0) is 26.4. The van der Waals surface area contributed by atoms with E-state index in [-0.39, 0.29) is 24.3 Å². The van der Waals surface area contributed by atoms with Gasteiger partial charge < -0.3 is 4.74 Å². The second-order valence-electron chi connectivity index (χ2n) is 8.05. The molecule has 0 amide bonds. The molecule has 0 spiro atoms. The number of rotatable bonds is 11. The maximum Gasteiger partial charge on any atom is 0.241 e. The number of nitrogens with zero attached hydrogens (tertiary/aromatic N) is 4. The first-order chi connectivity index (χ1) is 17.7. The number of aromatic nitrogens is 4. The van der Waals surface area contributed by atoms with E-state index in [0.717, 1.165) is 4.80 Å². The molecule has 192 valence electrons. The Hall–Kier alpha value is -3.31. The summed E-state index contributed by atoms with van der Waals surface area (Å²) in [6.07, 6.45) is 0.477. The van der Waals surface area contributed by atoms with Gasteiger partial charge in [-0.2, -0.15) is 4.80 Å². The number of sulfonamides is 1. The number of carbonyl (C=O) groups is 1. The summed E-state index contributed by atoms with van der Waals surface area (Å²) < 4.78 is 34.0. The third-order valence-electron chi connectivity index (χ3n) is 5.40. The van der Waals surface area contributed by atoms with Gasteiger partial charge in [0, 0.05) is 16.5 Å². The topological polar surface area (TPSA) is 116 Å². The van der Waals surface area contributed by atoms with Crippen molar-refractivity contribution < 1.29 is 17.9 Å². The van der Waals surface area contributed by atoms with E-state index in [1.165, 1.54) is 12.1 Å². The molecule has 1 aromatic heterocycles. The van der Waals surface area contributed by atoms with Crippen LogP contribution in [0.2, 0.25) is 10.0 Å². The SMILES string of the molecule is CCC(NS(=O)(=O)c1ccc(Oc2ccccc2)cc1)C(=O)Cn1nnc(Cc2c(Cl)cccc2Cl)n1. The van der Waals surface area contributed by atoms with Gasteiger partial charge in [-0.1, -0.05) is 54.4 Å². The highest BCUT2D eigenvalue weighted by atomic mass is 35.5. The first-order valence-electron chi connectivity index (χ1n) is 11.3. The average Bonchev–Trinajstić information content (AvgIpc) is 3.32. The highest BCUT2D eigenvalue weighted by Crippen LogP contribution is 2.26. The van der Waals surface area contributed by atoms with Crippen molar-refractivity contribution >= 4 is 39.0 Å². The standard InChI is InChI=1S/C25H23Cl2N5O4S/c1-2-23(24(33)16-32-29-25(28-31-32)15-20-21(26)9-6-10-22(20)27)30-37(34,35)19-13-11-18(12-14-19)36-17-7-4-3-5-8-17/h3-14,23,30H,2,15-16H2,1H3. The first kappa shape index (κ1) is 26.7. The highest BCUT2D eigenvalue weighted by molar-refractivity contribution is 7.89. The number of ketones is 1. The Labute approximate surface area is 224 Å². The molecule has 1 unspecified atom stereocenters. The molecule has 9 nitrogen and oxygen atoms in total. The number of tetrazole rings is 1. The number of para-hydroxylation sites is 1. The van der Waals surface area contributed by atoms with Gasteiger partial charge in [0.25, 0.3) is 0 Å². The smallest absolute Gasteiger partial charge is 0.241 e. The van der Waals surface area contributed by atoms with E-state index in [4.69, 9.17) is 27.9 Å². The summed E-state index contributed by atoms with van der Waals surface area (Å²) in [7, 11) is -3.96. The molecule has 0 aliphatic heterocycles. The number of carbonyl (C=O) groups excluding carboxylic acids is 1. The summed E-state index contributed by atoms with van der Waals surface area (Å²) >= 11 is 12.4. The third-order valence-corrected chi connectivity index (χ3v) is 7.59. The van der Waals surface area contributed by atoms with Crippen LogP contribution >= 0.6 is 23.2 Å². The van der Waals surface area contributed by atoms with E-state index in [1.807, 2.05) is 18.2 Å². The number of hydrogen-bond donors (Lipinski definition) is 1. The molecule has 0 aliphatic carbocycles.